The number of hydrogen-bond acceptors (Lipinski definition) is 1. The molecule has 0 nitrogen and oxygen atoms in total. The average Bonchev–Trinajstić information content (AvgIpc) is 2.54. The van der Waals surface area contributed by atoms with E-state index in [9.17, 15) is 0 Å². The van der Waals surface area contributed by atoms with Gasteiger partial charge >= 0.3 is 3.65 Å². The quantitative estimate of drug-likeness (QED) is 0.616. The third-order valence-corrected chi connectivity index (χ3v) is 3.97. The molecule has 12 heavy (non-hydrogen) atoms. The van der Waals surface area contributed by atoms with E-state index < -0.39 is 0 Å². The van der Waals surface area contributed by atoms with Gasteiger partial charge in [-0.15, -0.1) is 0 Å². The van der Waals surface area contributed by atoms with Gasteiger partial charge < -0.3 is 0 Å². The van der Waals surface area contributed by atoms with E-state index >= 15 is 0 Å². The summed E-state index contributed by atoms with van der Waals surface area (Å²) in [4.78, 5) is 1.24. The molecule has 0 spiro atoms. The minimum Gasteiger partial charge on any atom is -0.0622 e. The summed E-state index contributed by atoms with van der Waals surface area (Å²) in [7, 11) is 0. The van der Waals surface area contributed by atoms with Gasteiger partial charge in [-0.25, -0.2) is 0 Å². The van der Waals surface area contributed by atoms with Crippen LogP contribution in [0.1, 0.15) is 0 Å². The Labute approximate surface area is 84.1 Å². The number of halogens is 1. The van der Waals surface area contributed by atoms with Crippen molar-refractivity contribution in [3.05, 3.63) is 39.4 Å². The van der Waals surface area contributed by atoms with Crippen LogP contribution in [0.25, 0.3) is 10.4 Å². The summed E-state index contributed by atoms with van der Waals surface area (Å²) in [5.74, 6) is 0. The first-order chi connectivity index (χ1) is 5.86. The Morgan fingerprint density at radius 1 is 1.17 bits per heavy atom. The molecule has 0 atom stereocenters. The molecule has 0 aliphatic heterocycles. The maximum Gasteiger partial charge on any atom is 0.347 e. The van der Waals surface area contributed by atoms with E-state index in [1.807, 2.05) is 18.2 Å². The SMILES string of the molecule is Clc1sc(-c2ccccc2)c[s+]1. The van der Waals surface area contributed by atoms with Crippen molar-refractivity contribution in [2.75, 3.05) is 0 Å². The fourth-order valence-corrected chi connectivity index (χ4v) is 3.05. The molecule has 2 aromatic rings. The van der Waals surface area contributed by atoms with E-state index in [4.69, 9.17) is 11.6 Å². The van der Waals surface area contributed by atoms with Crippen molar-refractivity contribution in [2.24, 2.45) is 0 Å². The molecule has 0 aliphatic carbocycles. The van der Waals surface area contributed by atoms with E-state index in [1.54, 1.807) is 22.7 Å². The van der Waals surface area contributed by atoms with Crippen LogP contribution < -0.4 is 0 Å². The van der Waals surface area contributed by atoms with Gasteiger partial charge in [0.2, 0.25) is 0 Å². The first kappa shape index (κ1) is 8.17. The average molecular weight is 214 g/mol. The lowest BCUT2D eigenvalue weighted by molar-refractivity contribution is 1.71. The normalized spacial score (nSPS) is 10.1. The smallest absolute Gasteiger partial charge is 0.0622 e. The van der Waals surface area contributed by atoms with Gasteiger partial charge in [-0.05, 0) is 11.6 Å². The van der Waals surface area contributed by atoms with Crippen molar-refractivity contribution in [3.8, 4) is 10.4 Å². The van der Waals surface area contributed by atoms with Gasteiger partial charge in [-0.3, -0.25) is 0 Å². The van der Waals surface area contributed by atoms with Gasteiger partial charge in [0.15, 0.2) is 4.88 Å². The molecular formula is C9H6ClS2+. The van der Waals surface area contributed by atoms with Crippen LogP contribution in [-0.2, 0) is 0 Å². The topological polar surface area (TPSA) is 0 Å². The zero-order valence-corrected chi connectivity index (χ0v) is 8.55. The second-order valence-corrected chi connectivity index (χ2v) is 5.32. The predicted molar refractivity (Wildman–Crippen MR) is 57.0 cm³/mol. The van der Waals surface area contributed by atoms with E-state index in [1.165, 1.54) is 10.4 Å². The van der Waals surface area contributed by atoms with Crippen LogP contribution in [-0.4, -0.2) is 0 Å². The van der Waals surface area contributed by atoms with Crippen LogP contribution in [0.4, 0.5) is 0 Å². The van der Waals surface area contributed by atoms with Crippen LogP contribution in [0, 0.1) is 0 Å². The third-order valence-electron chi connectivity index (χ3n) is 1.51. The van der Waals surface area contributed by atoms with E-state index in [0.29, 0.717) is 0 Å². The Balaban J connectivity index is 2.45. The summed E-state index contributed by atoms with van der Waals surface area (Å²) >= 11 is 9.06. The highest BCUT2D eigenvalue weighted by atomic mass is 35.5. The number of rotatable bonds is 1. The van der Waals surface area contributed by atoms with Crippen molar-refractivity contribution < 1.29 is 0 Å². The Kier molecular flexibility index (Phi) is 2.40. The predicted octanol–water partition coefficient (Wildman–Crippen LogP) is 4.41. The molecular weight excluding hydrogens is 208 g/mol. The summed E-state index contributed by atoms with van der Waals surface area (Å²) in [6.45, 7) is 0. The van der Waals surface area contributed by atoms with Crippen molar-refractivity contribution in [1.82, 2.24) is 0 Å². The molecule has 3 heteroatoms. The molecule has 0 amide bonds. The molecule has 0 saturated carbocycles. The molecule has 0 radical (unpaired) electrons. The van der Waals surface area contributed by atoms with Crippen molar-refractivity contribution in [3.63, 3.8) is 0 Å². The highest BCUT2D eigenvalue weighted by Gasteiger charge is 2.12. The lowest BCUT2D eigenvalue weighted by atomic mass is 10.2. The first-order valence-electron chi connectivity index (χ1n) is 3.49. The molecule has 0 unspecified atom stereocenters. The molecule has 0 N–H and O–H groups in total. The minimum atomic E-state index is 0.883. The maximum absolute atomic E-state index is 5.85. The summed E-state index contributed by atoms with van der Waals surface area (Å²) < 4.78 is 0.883. The standard InChI is InChI=1S/C9H6ClS2/c10-9-11-6-8(12-9)7-4-2-1-3-5-7/h1-6H/q+1. The Morgan fingerprint density at radius 3 is 2.50 bits per heavy atom. The molecule has 1 heterocycles. The number of hydrogen-bond donors (Lipinski definition) is 0. The molecule has 60 valence electrons. The van der Waals surface area contributed by atoms with Crippen molar-refractivity contribution in [1.29, 1.82) is 0 Å². The zero-order valence-electron chi connectivity index (χ0n) is 6.16. The van der Waals surface area contributed by atoms with Crippen molar-refractivity contribution >= 4 is 34.3 Å². The molecule has 1 aromatic carbocycles. The first-order valence-corrected chi connectivity index (χ1v) is 5.56. The molecule has 0 bridgehead atoms. The highest BCUT2D eigenvalue weighted by molar-refractivity contribution is 7.37. The fourth-order valence-electron chi connectivity index (χ4n) is 0.964. The Hall–Kier alpha value is -0.440. The van der Waals surface area contributed by atoms with E-state index in [-0.39, 0.29) is 0 Å². The lowest BCUT2D eigenvalue weighted by Gasteiger charge is -1.87. The minimum absolute atomic E-state index is 0.883. The van der Waals surface area contributed by atoms with Crippen molar-refractivity contribution in [2.45, 2.75) is 0 Å². The maximum atomic E-state index is 5.85. The molecule has 0 fully saturated rings. The van der Waals surface area contributed by atoms with E-state index in [2.05, 4.69) is 17.5 Å². The van der Waals surface area contributed by atoms with Crippen LogP contribution in [0.2, 0.25) is 3.65 Å². The monoisotopic (exact) mass is 213 g/mol. The highest BCUT2D eigenvalue weighted by Crippen LogP contribution is 2.34. The van der Waals surface area contributed by atoms with E-state index in [0.717, 1.165) is 3.65 Å². The van der Waals surface area contributed by atoms with Crippen LogP contribution in [0.3, 0.4) is 0 Å². The Bertz CT molecular complexity index is 367. The molecule has 2 rings (SSSR count). The number of benzene rings is 1. The largest absolute Gasteiger partial charge is 0.347 e. The van der Waals surface area contributed by atoms with Gasteiger partial charge in [0.1, 0.15) is 16.7 Å². The summed E-state index contributed by atoms with van der Waals surface area (Å²) in [5, 5.41) is 2.09. The summed E-state index contributed by atoms with van der Waals surface area (Å²) in [5.41, 5.74) is 1.24. The molecule has 0 aliphatic rings. The third kappa shape index (κ3) is 1.66. The molecule has 1 aromatic heterocycles. The van der Waals surface area contributed by atoms with Crippen LogP contribution in [0.5, 0.6) is 0 Å². The van der Waals surface area contributed by atoms with Crippen LogP contribution in [0.15, 0.2) is 35.7 Å². The fraction of sp³-hybridized carbons (Fsp3) is 0. The van der Waals surface area contributed by atoms with Gasteiger partial charge in [-0.1, -0.05) is 30.3 Å². The van der Waals surface area contributed by atoms with Gasteiger partial charge in [0.25, 0.3) is 0 Å². The van der Waals surface area contributed by atoms with Crippen LogP contribution >= 0.6 is 34.3 Å². The zero-order chi connectivity index (χ0) is 8.39. The second-order valence-electron chi connectivity index (χ2n) is 2.31. The second kappa shape index (κ2) is 3.52. The summed E-state index contributed by atoms with van der Waals surface area (Å²) in [6, 6.07) is 10.3. The lowest BCUT2D eigenvalue weighted by Crippen LogP contribution is -1.67. The van der Waals surface area contributed by atoms with Gasteiger partial charge in [0.05, 0.1) is 11.3 Å². The van der Waals surface area contributed by atoms with Gasteiger partial charge in [-0.2, -0.15) is 0 Å². The summed E-state index contributed by atoms with van der Waals surface area (Å²) in [6.07, 6.45) is 0. The van der Waals surface area contributed by atoms with Gasteiger partial charge in [0, 0.05) is 5.56 Å². The Morgan fingerprint density at radius 2 is 1.92 bits per heavy atom. The molecule has 0 saturated heterocycles.